The summed E-state index contributed by atoms with van der Waals surface area (Å²) in [4.78, 5) is 2.81. The number of hydrogen-bond acceptors (Lipinski definition) is 2. The standard InChI is InChI=1S/C16H30N2/c1-12(2)15-7-16(8-15,11-17)18-9-13-4-3-5-14(6-13)10-18/h12-15H,3-11,17H2,1-2H3. The molecule has 2 nitrogen and oxygen atoms in total. The zero-order chi connectivity index (χ0) is 12.8. The van der Waals surface area contributed by atoms with E-state index in [1.54, 1.807) is 0 Å². The third-order valence-corrected chi connectivity index (χ3v) is 6.13. The quantitative estimate of drug-likeness (QED) is 0.834. The van der Waals surface area contributed by atoms with Crippen molar-refractivity contribution in [2.75, 3.05) is 19.6 Å². The van der Waals surface area contributed by atoms with Crippen LogP contribution in [0.25, 0.3) is 0 Å². The Morgan fingerprint density at radius 2 is 1.78 bits per heavy atom. The predicted molar refractivity (Wildman–Crippen MR) is 76.4 cm³/mol. The number of piperidine rings is 1. The molecule has 2 unspecified atom stereocenters. The van der Waals surface area contributed by atoms with Crippen molar-refractivity contribution in [1.29, 1.82) is 0 Å². The minimum atomic E-state index is 0.392. The molecule has 0 aromatic heterocycles. The van der Waals surface area contributed by atoms with Crippen LogP contribution in [0.3, 0.4) is 0 Å². The Morgan fingerprint density at radius 3 is 2.28 bits per heavy atom. The maximum absolute atomic E-state index is 6.17. The molecular weight excluding hydrogens is 220 g/mol. The van der Waals surface area contributed by atoms with E-state index in [1.807, 2.05) is 0 Å². The van der Waals surface area contributed by atoms with Gasteiger partial charge in [-0.3, -0.25) is 4.90 Å². The molecule has 2 saturated carbocycles. The van der Waals surface area contributed by atoms with Gasteiger partial charge in [0, 0.05) is 25.2 Å². The Hall–Kier alpha value is -0.0800. The Morgan fingerprint density at radius 1 is 1.17 bits per heavy atom. The third-order valence-electron chi connectivity index (χ3n) is 6.13. The number of rotatable bonds is 3. The van der Waals surface area contributed by atoms with Crippen LogP contribution < -0.4 is 5.73 Å². The fourth-order valence-electron chi connectivity index (χ4n) is 4.76. The van der Waals surface area contributed by atoms with Crippen molar-refractivity contribution in [3.05, 3.63) is 0 Å². The number of likely N-dealkylation sites (tertiary alicyclic amines) is 1. The van der Waals surface area contributed by atoms with E-state index in [1.165, 1.54) is 51.6 Å². The first kappa shape index (κ1) is 12.9. The van der Waals surface area contributed by atoms with Crippen LogP contribution in [0.4, 0.5) is 0 Å². The summed E-state index contributed by atoms with van der Waals surface area (Å²) in [6, 6.07) is 0. The second kappa shape index (κ2) is 4.79. The molecule has 0 aromatic carbocycles. The van der Waals surface area contributed by atoms with Crippen LogP contribution in [-0.2, 0) is 0 Å². The van der Waals surface area contributed by atoms with E-state index in [9.17, 15) is 0 Å². The molecule has 3 rings (SSSR count). The average molecular weight is 250 g/mol. The van der Waals surface area contributed by atoms with Crippen LogP contribution in [0.2, 0.25) is 0 Å². The summed E-state index contributed by atoms with van der Waals surface area (Å²) < 4.78 is 0. The fourth-order valence-corrected chi connectivity index (χ4v) is 4.76. The Kier molecular flexibility index (Phi) is 3.44. The van der Waals surface area contributed by atoms with Crippen LogP contribution in [-0.4, -0.2) is 30.1 Å². The molecule has 0 amide bonds. The zero-order valence-electron chi connectivity index (χ0n) is 12.2. The lowest BCUT2D eigenvalue weighted by atomic mass is 9.62. The van der Waals surface area contributed by atoms with E-state index in [2.05, 4.69) is 18.7 Å². The van der Waals surface area contributed by atoms with Gasteiger partial charge in [-0.25, -0.2) is 0 Å². The fraction of sp³-hybridized carbons (Fsp3) is 1.00. The van der Waals surface area contributed by atoms with Gasteiger partial charge in [-0.15, -0.1) is 0 Å². The van der Waals surface area contributed by atoms with Gasteiger partial charge in [0.2, 0.25) is 0 Å². The highest BCUT2D eigenvalue weighted by atomic mass is 15.2. The number of hydrogen-bond donors (Lipinski definition) is 1. The van der Waals surface area contributed by atoms with Crippen molar-refractivity contribution < 1.29 is 0 Å². The summed E-state index contributed by atoms with van der Waals surface area (Å²) in [5.41, 5.74) is 6.56. The molecule has 2 aliphatic carbocycles. The van der Waals surface area contributed by atoms with Crippen molar-refractivity contribution in [3.8, 4) is 0 Å². The Bertz CT molecular complexity index is 281. The highest BCUT2D eigenvalue weighted by Gasteiger charge is 2.50. The second-order valence-corrected chi connectivity index (χ2v) is 7.64. The topological polar surface area (TPSA) is 29.3 Å². The second-order valence-electron chi connectivity index (χ2n) is 7.64. The smallest absolute Gasteiger partial charge is 0.0337 e. The highest BCUT2D eigenvalue weighted by Crippen LogP contribution is 2.48. The average Bonchev–Trinajstić information content (AvgIpc) is 2.27. The molecule has 104 valence electrons. The SMILES string of the molecule is CC(C)C1CC(CN)(N2CC3CCCC(C3)C2)C1. The molecule has 0 aromatic rings. The van der Waals surface area contributed by atoms with E-state index in [0.717, 1.165) is 30.2 Å². The van der Waals surface area contributed by atoms with Crippen LogP contribution >= 0.6 is 0 Å². The van der Waals surface area contributed by atoms with E-state index < -0.39 is 0 Å². The van der Waals surface area contributed by atoms with Crippen molar-refractivity contribution >= 4 is 0 Å². The van der Waals surface area contributed by atoms with Gasteiger partial charge >= 0.3 is 0 Å². The molecule has 1 saturated heterocycles. The molecule has 3 fully saturated rings. The molecule has 18 heavy (non-hydrogen) atoms. The molecule has 2 atom stereocenters. The molecule has 3 aliphatic rings. The molecule has 1 aliphatic heterocycles. The minimum Gasteiger partial charge on any atom is -0.329 e. The number of nitrogens with zero attached hydrogens (tertiary/aromatic N) is 1. The minimum absolute atomic E-state index is 0.392. The summed E-state index contributed by atoms with van der Waals surface area (Å²) in [5, 5.41) is 0. The van der Waals surface area contributed by atoms with Crippen LogP contribution in [0.15, 0.2) is 0 Å². The van der Waals surface area contributed by atoms with Gasteiger partial charge in [0.1, 0.15) is 0 Å². The first-order valence-corrected chi connectivity index (χ1v) is 8.08. The first-order valence-electron chi connectivity index (χ1n) is 8.08. The van der Waals surface area contributed by atoms with Crippen molar-refractivity contribution in [3.63, 3.8) is 0 Å². The largest absolute Gasteiger partial charge is 0.329 e. The van der Waals surface area contributed by atoms with Crippen molar-refractivity contribution in [1.82, 2.24) is 4.90 Å². The predicted octanol–water partition coefficient (Wildman–Crippen LogP) is 2.87. The molecular formula is C16H30N2. The maximum Gasteiger partial charge on any atom is 0.0337 e. The van der Waals surface area contributed by atoms with Gasteiger partial charge in [0.15, 0.2) is 0 Å². The van der Waals surface area contributed by atoms with Gasteiger partial charge in [-0.1, -0.05) is 20.3 Å². The monoisotopic (exact) mass is 250 g/mol. The molecule has 2 N–H and O–H groups in total. The number of fused-ring (bicyclic) bond motifs is 2. The van der Waals surface area contributed by atoms with E-state index in [-0.39, 0.29) is 0 Å². The molecule has 1 heterocycles. The van der Waals surface area contributed by atoms with Crippen LogP contribution in [0.5, 0.6) is 0 Å². The lowest BCUT2D eigenvalue weighted by molar-refractivity contribution is -0.0763. The van der Waals surface area contributed by atoms with Gasteiger partial charge < -0.3 is 5.73 Å². The lowest BCUT2D eigenvalue weighted by Crippen LogP contribution is -2.65. The molecule has 0 radical (unpaired) electrons. The lowest BCUT2D eigenvalue weighted by Gasteiger charge is -2.59. The van der Waals surface area contributed by atoms with Gasteiger partial charge in [-0.05, 0) is 55.8 Å². The highest BCUT2D eigenvalue weighted by molar-refractivity contribution is 5.06. The van der Waals surface area contributed by atoms with E-state index in [4.69, 9.17) is 5.73 Å². The summed E-state index contributed by atoms with van der Waals surface area (Å²) in [5.74, 6) is 3.74. The maximum atomic E-state index is 6.17. The van der Waals surface area contributed by atoms with Crippen LogP contribution in [0, 0.1) is 23.7 Å². The third kappa shape index (κ3) is 2.12. The number of nitrogens with two attached hydrogens (primary N) is 1. The van der Waals surface area contributed by atoms with Crippen molar-refractivity contribution in [2.24, 2.45) is 29.4 Å². The zero-order valence-corrected chi connectivity index (χ0v) is 12.2. The molecule has 2 heteroatoms. The molecule has 0 spiro atoms. The summed E-state index contributed by atoms with van der Waals surface area (Å²) in [7, 11) is 0. The summed E-state index contributed by atoms with van der Waals surface area (Å²) in [6.07, 6.45) is 8.65. The summed E-state index contributed by atoms with van der Waals surface area (Å²) >= 11 is 0. The Balaban J connectivity index is 1.66. The van der Waals surface area contributed by atoms with E-state index >= 15 is 0 Å². The normalized spacial score (nSPS) is 45.0. The first-order chi connectivity index (χ1) is 8.63. The van der Waals surface area contributed by atoms with Gasteiger partial charge in [0.25, 0.3) is 0 Å². The summed E-state index contributed by atoms with van der Waals surface area (Å²) in [6.45, 7) is 8.32. The van der Waals surface area contributed by atoms with E-state index in [0.29, 0.717) is 5.54 Å². The van der Waals surface area contributed by atoms with Gasteiger partial charge in [0.05, 0.1) is 0 Å². The van der Waals surface area contributed by atoms with Crippen LogP contribution in [0.1, 0.15) is 52.4 Å². The van der Waals surface area contributed by atoms with Crippen molar-refractivity contribution in [2.45, 2.75) is 57.9 Å². The van der Waals surface area contributed by atoms with Gasteiger partial charge in [-0.2, -0.15) is 0 Å². The molecule has 2 bridgehead atoms. The Labute approximate surface area is 112 Å².